The summed E-state index contributed by atoms with van der Waals surface area (Å²) in [6.07, 6.45) is 0. The van der Waals surface area contributed by atoms with Crippen LogP contribution in [0.2, 0.25) is 0 Å². The summed E-state index contributed by atoms with van der Waals surface area (Å²) in [5, 5.41) is 19.2. The molecule has 2 heterocycles. The molecule has 0 aliphatic heterocycles. The topological polar surface area (TPSA) is 87.8 Å². The maximum Gasteiger partial charge on any atom is 0.279 e. The van der Waals surface area contributed by atoms with Gasteiger partial charge in [-0.25, -0.2) is 0 Å². The van der Waals surface area contributed by atoms with Crippen molar-refractivity contribution in [3.63, 3.8) is 0 Å². The molecule has 0 spiro atoms. The zero-order valence-electron chi connectivity index (χ0n) is 13.9. The molecule has 2 aromatic carbocycles. The lowest BCUT2D eigenvalue weighted by atomic mass is 10.1. The minimum absolute atomic E-state index is 0.117. The lowest BCUT2D eigenvalue weighted by Gasteiger charge is -2.11. The quantitative estimate of drug-likeness (QED) is 0.595. The van der Waals surface area contributed by atoms with Gasteiger partial charge >= 0.3 is 0 Å². The average Bonchev–Trinajstić information content (AvgIpc) is 3.16. The van der Waals surface area contributed by atoms with Crippen LogP contribution in [-0.4, -0.2) is 15.7 Å². The molecule has 0 saturated heterocycles. The molecular weight excluding hydrogens is 360 g/mol. The first-order valence-corrected chi connectivity index (χ1v) is 8.93. The Hall–Kier alpha value is -3.76. The molecule has 7 heteroatoms. The number of anilines is 1. The zero-order valence-corrected chi connectivity index (χ0v) is 14.7. The van der Waals surface area contributed by atoms with Crippen molar-refractivity contribution in [2.24, 2.45) is 0 Å². The number of amides is 1. The SMILES string of the molecule is N#Cc1ccsc1NC(=O)c1nn(-c2ccccc2)c(=O)c2ccccc12. The van der Waals surface area contributed by atoms with Gasteiger partial charge in [0.05, 0.1) is 16.6 Å². The van der Waals surface area contributed by atoms with Crippen molar-refractivity contribution >= 4 is 33.0 Å². The number of carbonyl (C=O) groups is 1. The summed E-state index contributed by atoms with van der Waals surface area (Å²) in [5.74, 6) is -0.477. The fourth-order valence-electron chi connectivity index (χ4n) is 2.76. The van der Waals surface area contributed by atoms with Crippen LogP contribution in [0.15, 0.2) is 70.8 Å². The number of nitrogens with zero attached hydrogens (tertiary/aromatic N) is 3. The van der Waals surface area contributed by atoms with Gasteiger partial charge in [0.2, 0.25) is 0 Å². The van der Waals surface area contributed by atoms with E-state index in [2.05, 4.69) is 10.4 Å². The monoisotopic (exact) mass is 372 g/mol. The summed E-state index contributed by atoms with van der Waals surface area (Å²) >= 11 is 1.26. The molecule has 2 aromatic heterocycles. The van der Waals surface area contributed by atoms with E-state index in [9.17, 15) is 9.59 Å². The van der Waals surface area contributed by atoms with Gasteiger partial charge in [-0.1, -0.05) is 36.4 Å². The number of rotatable bonds is 3. The summed E-state index contributed by atoms with van der Waals surface area (Å²) in [5.41, 5.74) is 0.763. The molecule has 4 aromatic rings. The number of aromatic nitrogens is 2. The molecule has 0 bridgehead atoms. The molecule has 0 saturated carbocycles. The van der Waals surface area contributed by atoms with Crippen LogP contribution in [0.4, 0.5) is 5.00 Å². The van der Waals surface area contributed by atoms with E-state index >= 15 is 0 Å². The molecule has 0 atom stereocenters. The van der Waals surface area contributed by atoms with Crippen molar-refractivity contribution in [2.45, 2.75) is 0 Å². The molecule has 130 valence electrons. The highest BCUT2D eigenvalue weighted by Crippen LogP contribution is 2.24. The maximum atomic E-state index is 12.9. The highest BCUT2D eigenvalue weighted by Gasteiger charge is 2.19. The fourth-order valence-corrected chi connectivity index (χ4v) is 3.49. The molecule has 1 N–H and O–H groups in total. The fraction of sp³-hybridized carbons (Fsp3) is 0. The van der Waals surface area contributed by atoms with E-state index in [0.717, 1.165) is 0 Å². The van der Waals surface area contributed by atoms with Crippen molar-refractivity contribution in [1.29, 1.82) is 5.26 Å². The first-order chi connectivity index (χ1) is 13.2. The highest BCUT2D eigenvalue weighted by atomic mass is 32.1. The molecule has 0 unspecified atom stereocenters. The number of carbonyl (C=O) groups excluding carboxylic acids is 1. The zero-order chi connectivity index (χ0) is 18.8. The van der Waals surface area contributed by atoms with E-state index in [1.54, 1.807) is 60.0 Å². The third-order valence-corrected chi connectivity index (χ3v) is 4.86. The maximum absolute atomic E-state index is 12.9. The van der Waals surface area contributed by atoms with Gasteiger partial charge < -0.3 is 5.32 Å². The van der Waals surface area contributed by atoms with Gasteiger partial charge in [-0.15, -0.1) is 11.3 Å². The number of nitriles is 1. The Morgan fingerprint density at radius 1 is 1.04 bits per heavy atom. The van der Waals surface area contributed by atoms with Gasteiger partial charge in [0.1, 0.15) is 11.1 Å². The van der Waals surface area contributed by atoms with Crippen LogP contribution in [0, 0.1) is 11.3 Å². The molecule has 0 aliphatic carbocycles. The van der Waals surface area contributed by atoms with Gasteiger partial charge in [-0.05, 0) is 29.6 Å². The minimum Gasteiger partial charge on any atom is -0.311 e. The Bertz CT molecular complexity index is 1250. The Morgan fingerprint density at radius 2 is 1.74 bits per heavy atom. The molecule has 27 heavy (non-hydrogen) atoms. The summed E-state index contributed by atoms with van der Waals surface area (Å²) < 4.78 is 1.22. The smallest absolute Gasteiger partial charge is 0.279 e. The third-order valence-electron chi connectivity index (χ3n) is 4.03. The van der Waals surface area contributed by atoms with Crippen LogP contribution < -0.4 is 10.9 Å². The number of hydrogen-bond donors (Lipinski definition) is 1. The Morgan fingerprint density at radius 3 is 2.48 bits per heavy atom. The summed E-state index contributed by atoms with van der Waals surface area (Å²) in [7, 11) is 0. The van der Waals surface area contributed by atoms with Crippen LogP contribution in [0.25, 0.3) is 16.5 Å². The minimum atomic E-state index is -0.477. The van der Waals surface area contributed by atoms with Crippen molar-refractivity contribution in [3.05, 3.63) is 87.7 Å². The van der Waals surface area contributed by atoms with Crippen molar-refractivity contribution in [2.75, 3.05) is 5.32 Å². The molecule has 6 nitrogen and oxygen atoms in total. The lowest BCUT2D eigenvalue weighted by Crippen LogP contribution is -2.26. The van der Waals surface area contributed by atoms with Gasteiger partial charge in [-0.3, -0.25) is 9.59 Å². The number of hydrogen-bond acceptors (Lipinski definition) is 5. The van der Waals surface area contributed by atoms with E-state index in [4.69, 9.17) is 5.26 Å². The number of nitrogens with one attached hydrogen (secondary N) is 1. The summed E-state index contributed by atoms with van der Waals surface area (Å²) in [6, 6.07) is 19.4. The van der Waals surface area contributed by atoms with Crippen LogP contribution >= 0.6 is 11.3 Å². The van der Waals surface area contributed by atoms with Gasteiger partial charge in [0.25, 0.3) is 11.5 Å². The van der Waals surface area contributed by atoms with Crippen molar-refractivity contribution < 1.29 is 4.79 Å². The molecule has 0 radical (unpaired) electrons. The van der Waals surface area contributed by atoms with Crippen LogP contribution in [-0.2, 0) is 0 Å². The number of thiophene rings is 1. The second-order valence-corrected chi connectivity index (χ2v) is 6.59. The van der Waals surface area contributed by atoms with Gasteiger partial charge in [-0.2, -0.15) is 15.0 Å². The van der Waals surface area contributed by atoms with E-state index in [1.807, 2.05) is 12.1 Å². The Kier molecular flexibility index (Phi) is 4.24. The number of fused-ring (bicyclic) bond motifs is 1. The molecule has 0 aliphatic rings. The summed E-state index contributed by atoms with van der Waals surface area (Å²) in [6.45, 7) is 0. The Labute approximate surface area is 157 Å². The largest absolute Gasteiger partial charge is 0.311 e. The van der Waals surface area contributed by atoms with Gasteiger partial charge in [0, 0.05) is 5.39 Å². The van der Waals surface area contributed by atoms with Crippen LogP contribution in [0.1, 0.15) is 16.1 Å². The third kappa shape index (κ3) is 2.99. The normalized spacial score (nSPS) is 10.5. The van der Waals surface area contributed by atoms with Gasteiger partial charge in [0.15, 0.2) is 5.69 Å². The van der Waals surface area contributed by atoms with Crippen LogP contribution in [0.5, 0.6) is 0 Å². The Balaban J connectivity index is 1.90. The van der Waals surface area contributed by atoms with E-state index in [1.165, 1.54) is 16.0 Å². The van der Waals surface area contributed by atoms with Crippen molar-refractivity contribution in [3.8, 4) is 11.8 Å². The second-order valence-electron chi connectivity index (χ2n) is 5.68. The van der Waals surface area contributed by atoms with E-state index in [-0.39, 0.29) is 11.3 Å². The number of benzene rings is 2. The molecule has 1 amide bonds. The lowest BCUT2D eigenvalue weighted by molar-refractivity contribution is 0.102. The standard InChI is InChI=1S/C20H12N4O2S/c21-12-13-10-11-27-19(13)22-18(25)17-15-8-4-5-9-16(15)20(26)24(23-17)14-6-2-1-3-7-14/h1-11H,(H,22,25). The highest BCUT2D eigenvalue weighted by molar-refractivity contribution is 7.14. The average molecular weight is 372 g/mol. The van der Waals surface area contributed by atoms with Crippen LogP contribution in [0.3, 0.4) is 0 Å². The summed E-state index contributed by atoms with van der Waals surface area (Å²) in [4.78, 5) is 25.7. The first kappa shape index (κ1) is 16.7. The van der Waals surface area contributed by atoms with E-state index in [0.29, 0.717) is 27.0 Å². The predicted octanol–water partition coefficient (Wildman–Crippen LogP) is 3.57. The number of para-hydroxylation sites is 1. The molecule has 4 rings (SSSR count). The van der Waals surface area contributed by atoms with Crippen molar-refractivity contribution in [1.82, 2.24) is 9.78 Å². The first-order valence-electron chi connectivity index (χ1n) is 8.05. The predicted molar refractivity (Wildman–Crippen MR) is 104 cm³/mol. The van der Waals surface area contributed by atoms with E-state index < -0.39 is 5.91 Å². The second kappa shape index (κ2) is 6.86. The molecular formula is C20H12N4O2S. The molecule has 0 fully saturated rings.